The van der Waals surface area contributed by atoms with Crippen LogP contribution < -0.4 is 5.73 Å². The molecular formula is C4H8Cl2N2. The third-order valence-electron chi connectivity index (χ3n) is 0.523. The van der Waals surface area contributed by atoms with Crippen molar-refractivity contribution >= 4 is 28.4 Å². The molecule has 2 N–H and O–H groups in total. The van der Waals surface area contributed by atoms with Gasteiger partial charge in [-0.25, -0.2) is 0 Å². The summed E-state index contributed by atoms with van der Waals surface area (Å²) in [5, 5.41) is 0.428. The average molecular weight is 155 g/mol. The Labute approximate surface area is 58.7 Å². The molecule has 48 valence electrons. The second-order valence-corrected chi connectivity index (χ2v) is 1.88. The molecule has 0 rings (SSSR count). The van der Waals surface area contributed by atoms with Gasteiger partial charge in [-0.2, -0.15) is 0 Å². The number of rotatable bonds is 3. The number of hydrogen-bond acceptors (Lipinski definition) is 2. The minimum Gasteiger partial charge on any atom is -0.329 e. The number of alkyl halides is 1. The van der Waals surface area contributed by atoms with Gasteiger partial charge in [0.25, 0.3) is 0 Å². The molecule has 0 spiro atoms. The Bertz CT molecular complexity index is 82.1. The molecule has 8 heavy (non-hydrogen) atoms. The lowest BCUT2D eigenvalue weighted by Crippen LogP contribution is -2.04. The van der Waals surface area contributed by atoms with Gasteiger partial charge < -0.3 is 5.73 Å². The summed E-state index contributed by atoms with van der Waals surface area (Å²) in [6.07, 6.45) is 0. The lowest BCUT2D eigenvalue weighted by atomic mass is 10.7. The van der Waals surface area contributed by atoms with E-state index in [9.17, 15) is 0 Å². The van der Waals surface area contributed by atoms with Crippen LogP contribution in [0.3, 0.4) is 0 Å². The van der Waals surface area contributed by atoms with E-state index in [1.165, 1.54) is 0 Å². The van der Waals surface area contributed by atoms with Crippen molar-refractivity contribution in [2.75, 3.05) is 19.0 Å². The predicted octanol–water partition coefficient (Wildman–Crippen LogP) is 0.821. The molecule has 0 aromatic carbocycles. The summed E-state index contributed by atoms with van der Waals surface area (Å²) in [4.78, 5) is 3.79. The number of hydrogen-bond donors (Lipinski definition) is 1. The first kappa shape index (κ1) is 8.21. The van der Waals surface area contributed by atoms with E-state index in [1.807, 2.05) is 0 Å². The largest absolute Gasteiger partial charge is 0.329 e. The molecule has 2 nitrogen and oxygen atoms in total. The highest BCUT2D eigenvalue weighted by molar-refractivity contribution is 6.69. The van der Waals surface area contributed by atoms with Crippen LogP contribution in [0, 0.1) is 0 Å². The fourth-order valence-electron chi connectivity index (χ4n) is 0.228. The monoisotopic (exact) mass is 154 g/mol. The Hall–Kier alpha value is 0.210. The number of nitrogens with two attached hydrogens (primary N) is 1. The molecule has 0 aromatic rings. The standard InChI is InChI=1S/C4H8Cl2N2/c5-3-4(6)8-2-1-7/h1-3,7H2. The van der Waals surface area contributed by atoms with Gasteiger partial charge in [-0.15, -0.1) is 11.6 Å². The molecule has 0 amide bonds. The minimum absolute atomic E-state index is 0.279. The molecule has 0 radical (unpaired) electrons. The van der Waals surface area contributed by atoms with Crippen LogP contribution in [0.2, 0.25) is 0 Å². The van der Waals surface area contributed by atoms with Crippen molar-refractivity contribution in [2.24, 2.45) is 10.7 Å². The fraction of sp³-hybridized carbons (Fsp3) is 0.750. The summed E-state index contributed by atoms with van der Waals surface area (Å²) in [5.41, 5.74) is 5.12. The second-order valence-electron chi connectivity index (χ2n) is 1.18. The fourth-order valence-corrected chi connectivity index (χ4v) is 0.397. The Morgan fingerprint density at radius 2 is 2.25 bits per heavy atom. The maximum atomic E-state index is 5.41. The Balaban J connectivity index is 3.26. The van der Waals surface area contributed by atoms with Crippen molar-refractivity contribution in [3.05, 3.63) is 0 Å². The van der Waals surface area contributed by atoms with Gasteiger partial charge in [-0.3, -0.25) is 4.99 Å². The van der Waals surface area contributed by atoms with Crippen molar-refractivity contribution in [1.82, 2.24) is 0 Å². The van der Waals surface area contributed by atoms with E-state index < -0.39 is 0 Å². The molecule has 0 bridgehead atoms. The summed E-state index contributed by atoms with van der Waals surface area (Å²) in [7, 11) is 0. The van der Waals surface area contributed by atoms with Crippen LogP contribution in [0.1, 0.15) is 0 Å². The normalized spacial score (nSPS) is 12.1. The first-order valence-corrected chi connectivity index (χ1v) is 3.17. The van der Waals surface area contributed by atoms with Crippen LogP contribution in [-0.4, -0.2) is 24.1 Å². The zero-order valence-electron chi connectivity index (χ0n) is 4.40. The van der Waals surface area contributed by atoms with E-state index in [-0.39, 0.29) is 5.88 Å². The van der Waals surface area contributed by atoms with E-state index >= 15 is 0 Å². The lowest BCUT2D eigenvalue weighted by Gasteiger charge is -1.87. The van der Waals surface area contributed by atoms with Crippen LogP contribution in [0.25, 0.3) is 0 Å². The van der Waals surface area contributed by atoms with Gasteiger partial charge in [0.05, 0.1) is 12.4 Å². The van der Waals surface area contributed by atoms with Gasteiger partial charge in [0.1, 0.15) is 5.17 Å². The summed E-state index contributed by atoms with van der Waals surface area (Å²) < 4.78 is 0. The molecule has 0 aliphatic heterocycles. The van der Waals surface area contributed by atoms with E-state index in [0.717, 1.165) is 0 Å². The summed E-state index contributed by atoms with van der Waals surface area (Å²) in [6, 6.07) is 0. The van der Waals surface area contributed by atoms with Crippen molar-refractivity contribution in [1.29, 1.82) is 0 Å². The zero-order valence-corrected chi connectivity index (χ0v) is 5.91. The Morgan fingerprint density at radius 1 is 1.62 bits per heavy atom. The quantitative estimate of drug-likeness (QED) is 0.475. The number of halogens is 2. The van der Waals surface area contributed by atoms with E-state index in [0.29, 0.717) is 18.3 Å². The van der Waals surface area contributed by atoms with Crippen LogP contribution in [0.5, 0.6) is 0 Å². The van der Waals surface area contributed by atoms with Gasteiger partial charge >= 0.3 is 0 Å². The first-order valence-electron chi connectivity index (χ1n) is 2.26. The SMILES string of the molecule is NCCN=C(Cl)CCl. The third-order valence-corrected chi connectivity index (χ3v) is 1.17. The van der Waals surface area contributed by atoms with Crippen LogP contribution in [0.15, 0.2) is 4.99 Å². The van der Waals surface area contributed by atoms with Crippen molar-refractivity contribution in [3.63, 3.8) is 0 Å². The van der Waals surface area contributed by atoms with Crippen LogP contribution in [0.4, 0.5) is 0 Å². The van der Waals surface area contributed by atoms with Crippen molar-refractivity contribution < 1.29 is 0 Å². The maximum Gasteiger partial charge on any atom is 0.115 e. The second kappa shape index (κ2) is 5.35. The molecule has 0 heterocycles. The third kappa shape index (κ3) is 4.37. The highest BCUT2D eigenvalue weighted by atomic mass is 35.5. The topological polar surface area (TPSA) is 38.4 Å². The smallest absolute Gasteiger partial charge is 0.115 e. The van der Waals surface area contributed by atoms with Crippen LogP contribution in [-0.2, 0) is 0 Å². The summed E-state index contributed by atoms with van der Waals surface area (Å²) in [6.45, 7) is 1.08. The Kier molecular flexibility index (Phi) is 5.49. The maximum absolute atomic E-state index is 5.41. The van der Waals surface area contributed by atoms with Gasteiger partial charge in [-0.1, -0.05) is 11.6 Å². The van der Waals surface area contributed by atoms with E-state index in [4.69, 9.17) is 28.9 Å². The molecule has 0 saturated carbocycles. The molecule has 0 atom stereocenters. The van der Waals surface area contributed by atoms with Gasteiger partial charge in [-0.05, 0) is 0 Å². The van der Waals surface area contributed by atoms with Gasteiger partial charge in [0.2, 0.25) is 0 Å². The van der Waals surface area contributed by atoms with Gasteiger partial charge in [0, 0.05) is 6.54 Å². The molecular weight excluding hydrogens is 147 g/mol. The highest BCUT2D eigenvalue weighted by Crippen LogP contribution is 1.88. The Morgan fingerprint density at radius 3 is 2.62 bits per heavy atom. The highest BCUT2D eigenvalue weighted by Gasteiger charge is 1.85. The summed E-state index contributed by atoms with van der Waals surface area (Å²) in [5.74, 6) is 0.279. The van der Waals surface area contributed by atoms with Crippen LogP contribution >= 0.6 is 23.2 Å². The number of aliphatic imine (C=N–C) groups is 1. The van der Waals surface area contributed by atoms with Crippen molar-refractivity contribution in [2.45, 2.75) is 0 Å². The van der Waals surface area contributed by atoms with E-state index in [1.54, 1.807) is 0 Å². The average Bonchev–Trinajstić information content (AvgIpc) is 1.83. The molecule has 0 aliphatic carbocycles. The minimum atomic E-state index is 0.279. The molecule has 0 unspecified atom stereocenters. The van der Waals surface area contributed by atoms with E-state index in [2.05, 4.69) is 4.99 Å². The molecule has 4 heteroatoms. The predicted molar refractivity (Wildman–Crippen MR) is 37.9 cm³/mol. The lowest BCUT2D eigenvalue weighted by molar-refractivity contribution is 0.978. The number of nitrogens with zero attached hydrogens (tertiary/aromatic N) is 1. The molecule has 0 fully saturated rings. The summed E-state index contributed by atoms with van der Waals surface area (Å²) >= 11 is 10.7. The molecule has 0 aliphatic rings. The molecule has 0 saturated heterocycles. The van der Waals surface area contributed by atoms with Crippen molar-refractivity contribution in [3.8, 4) is 0 Å². The molecule has 0 aromatic heterocycles. The van der Waals surface area contributed by atoms with Gasteiger partial charge in [0.15, 0.2) is 0 Å². The first-order chi connectivity index (χ1) is 3.81. The zero-order chi connectivity index (χ0) is 6.41.